The van der Waals surface area contributed by atoms with Crippen molar-refractivity contribution < 1.29 is 9.18 Å². The summed E-state index contributed by atoms with van der Waals surface area (Å²) in [6.07, 6.45) is 2.80. The number of thioether (sulfide) groups is 2. The van der Waals surface area contributed by atoms with Crippen molar-refractivity contribution in [3.63, 3.8) is 0 Å². The number of piperidine rings is 1. The molecule has 2 aliphatic rings. The summed E-state index contributed by atoms with van der Waals surface area (Å²) in [6, 6.07) is 5.82. The molecule has 2 aromatic rings. The Labute approximate surface area is 178 Å². The second kappa shape index (κ2) is 8.52. The van der Waals surface area contributed by atoms with E-state index >= 15 is 0 Å². The van der Waals surface area contributed by atoms with Gasteiger partial charge in [0.1, 0.15) is 5.82 Å². The second-order valence-electron chi connectivity index (χ2n) is 7.77. The van der Waals surface area contributed by atoms with Gasteiger partial charge in [-0.1, -0.05) is 25.6 Å². The van der Waals surface area contributed by atoms with Gasteiger partial charge in [0.25, 0.3) is 5.56 Å². The lowest BCUT2D eigenvalue weighted by Gasteiger charge is -2.30. The van der Waals surface area contributed by atoms with Crippen LogP contribution in [0.1, 0.15) is 32.4 Å². The first kappa shape index (κ1) is 20.5. The molecule has 0 radical (unpaired) electrons. The van der Waals surface area contributed by atoms with Crippen LogP contribution in [0.3, 0.4) is 0 Å². The molecule has 1 fully saturated rings. The number of hydrogen-bond donors (Lipinski definition) is 0. The Bertz CT molecular complexity index is 969. The number of likely N-dealkylation sites (tertiary alicyclic amines) is 1. The van der Waals surface area contributed by atoms with Gasteiger partial charge in [-0.2, -0.15) is 0 Å². The summed E-state index contributed by atoms with van der Waals surface area (Å²) in [6.45, 7) is 5.86. The zero-order valence-corrected chi connectivity index (χ0v) is 18.2. The molecule has 1 amide bonds. The van der Waals surface area contributed by atoms with E-state index in [2.05, 4.69) is 13.8 Å². The minimum absolute atomic E-state index is 0.0741. The number of hydrogen-bond acceptors (Lipinski definition) is 5. The van der Waals surface area contributed by atoms with E-state index in [0.717, 1.165) is 38.0 Å². The van der Waals surface area contributed by atoms with E-state index in [4.69, 9.17) is 4.98 Å². The van der Waals surface area contributed by atoms with Gasteiger partial charge in [-0.3, -0.25) is 14.2 Å². The van der Waals surface area contributed by atoms with Crippen molar-refractivity contribution in [2.24, 2.45) is 5.92 Å². The number of rotatable bonds is 4. The van der Waals surface area contributed by atoms with Crippen molar-refractivity contribution in [2.75, 3.05) is 18.8 Å². The molecule has 1 aromatic carbocycles. The molecule has 29 heavy (non-hydrogen) atoms. The van der Waals surface area contributed by atoms with Gasteiger partial charge in [0.15, 0.2) is 5.16 Å². The predicted octanol–water partition coefficient (Wildman–Crippen LogP) is 3.76. The largest absolute Gasteiger partial charge is 0.342 e. The quantitative estimate of drug-likeness (QED) is 0.543. The smallest absolute Gasteiger partial charge is 0.272 e. The van der Waals surface area contributed by atoms with Crippen LogP contribution in [0.5, 0.6) is 0 Å². The Balaban J connectivity index is 1.62. The Morgan fingerprint density at radius 3 is 2.62 bits per heavy atom. The second-order valence-corrected chi connectivity index (χ2v) is 10.2. The van der Waals surface area contributed by atoms with Crippen LogP contribution < -0.4 is 5.56 Å². The molecule has 8 heteroatoms. The van der Waals surface area contributed by atoms with Crippen molar-refractivity contribution in [1.82, 2.24) is 14.5 Å². The van der Waals surface area contributed by atoms with Gasteiger partial charge >= 0.3 is 0 Å². The highest BCUT2D eigenvalue weighted by Crippen LogP contribution is 2.35. The number of carbonyl (C=O) groups is 1. The monoisotopic (exact) mass is 433 g/mol. The van der Waals surface area contributed by atoms with Gasteiger partial charge in [0.05, 0.1) is 22.0 Å². The molecular weight excluding hydrogens is 409 g/mol. The summed E-state index contributed by atoms with van der Waals surface area (Å²) < 4.78 is 14.9. The average molecular weight is 434 g/mol. The standard InChI is InChI=1S/C21H24FN3O2S2/c1-13-7-9-24(10-8-13)18(26)12-28-21-23-17-11-14(2)29-19(17)20(27)25(21)16-5-3-15(22)4-6-16/h3-6,13-14H,7-12H2,1-2H3. The number of aromatic nitrogens is 2. The van der Waals surface area contributed by atoms with Crippen LogP contribution in [-0.2, 0) is 11.2 Å². The van der Waals surface area contributed by atoms with E-state index in [1.54, 1.807) is 12.1 Å². The number of carbonyl (C=O) groups excluding carboxylic acids is 1. The number of amides is 1. The fourth-order valence-corrected chi connectivity index (χ4v) is 5.72. The fraction of sp³-hybridized carbons (Fsp3) is 0.476. The van der Waals surface area contributed by atoms with Gasteiger partial charge in [-0.15, -0.1) is 11.8 Å². The van der Waals surface area contributed by atoms with E-state index in [-0.39, 0.29) is 23.0 Å². The average Bonchev–Trinajstić information content (AvgIpc) is 3.08. The lowest BCUT2D eigenvalue weighted by Crippen LogP contribution is -2.39. The third kappa shape index (κ3) is 4.38. The molecule has 0 aliphatic carbocycles. The fourth-order valence-electron chi connectivity index (χ4n) is 3.69. The summed E-state index contributed by atoms with van der Waals surface area (Å²) in [5.74, 6) is 0.615. The molecule has 3 heterocycles. The predicted molar refractivity (Wildman–Crippen MR) is 115 cm³/mol. The molecule has 0 N–H and O–H groups in total. The highest BCUT2D eigenvalue weighted by Gasteiger charge is 2.27. The first-order valence-corrected chi connectivity index (χ1v) is 11.8. The topological polar surface area (TPSA) is 55.2 Å². The van der Waals surface area contributed by atoms with Gasteiger partial charge in [-0.05, 0) is 43.0 Å². The molecule has 0 bridgehead atoms. The number of halogens is 1. The zero-order chi connectivity index (χ0) is 20.5. The molecule has 1 unspecified atom stereocenters. The van der Waals surface area contributed by atoms with Crippen molar-refractivity contribution in [2.45, 2.75) is 48.4 Å². The maximum atomic E-state index is 13.4. The van der Waals surface area contributed by atoms with E-state index in [0.29, 0.717) is 26.9 Å². The van der Waals surface area contributed by atoms with Crippen molar-refractivity contribution in [3.8, 4) is 5.69 Å². The summed E-state index contributed by atoms with van der Waals surface area (Å²) in [4.78, 5) is 33.2. The van der Waals surface area contributed by atoms with Crippen LogP contribution in [0.15, 0.2) is 39.1 Å². The summed E-state index contributed by atoms with van der Waals surface area (Å²) in [5.41, 5.74) is 1.22. The minimum atomic E-state index is -0.359. The lowest BCUT2D eigenvalue weighted by atomic mass is 9.99. The molecule has 1 atom stereocenters. The van der Waals surface area contributed by atoms with Gasteiger partial charge in [0.2, 0.25) is 5.91 Å². The summed E-state index contributed by atoms with van der Waals surface area (Å²) in [7, 11) is 0. The van der Waals surface area contributed by atoms with E-state index < -0.39 is 0 Å². The van der Waals surface area contributed by atoms with E-state index in [1.165, 1.54) is 40.2 Å². The molecule has 0 spiro atoms. The van der Waals surface area contributed by atoms with E-state index in [9.17, 15) is 14.0 Å². The van der Waals surface area contributed by atoms with Gasteiger partial charge < -0.3 is 4.90 Å². The minimum Gasteiger partial charge on any atom is -0.342 e. The molecule has 1 aromatic heterocycles. The molecular formula is C21H24FN3O2S2. The number of nitrogens with zero attached hydrogens (tertiary/aromatic N) is 3. The van der Waals surface area contributed by atoms with Crippen LogP contribution in [0, 0.1) is 11.7 Å². The first-order chi connectivity index (χ1) is 13.9. The van der Waals surface area contributed by atoms with Crippen LogP contribution in [0.4, 0.5) is 4.39 Å². The van der Waals surface area contributed by atoms with Gasteiger partial charge in [-0.25, -0.2) is 9.37 Å². The van der Waals surface area contributed by atoms with Crippen molar-refractivity contribution in [3.05, 3.63) is 46.1 Å². The molecule has 5 nitrogen and oxygen atoms in total. The third-order valence-electron chi connectivity index (χ3n) is 5.43. The Morgan fingerprint density at radius 1 is 1.24 bits per heavy atom. The van der Waals surface area contributed by atoms with Gasteiger partial charge in [0, 0.05) is 24.8 Å². The Morgan fingerprint density at radius 2 is 1.93 bits per heavy atom. The lowest BCUT2D eigenvalue weighted by molar-refractivity contribution is -0.129. The summed E-state index contributed by atoms with van der Waals surface area (Å²) >= 11 is 2.82. The number of benzene rings is 1. The highest BCUT2D eigenvalue weighted by molar-refractivity contribution is 8.00. The SMILES string of the molecule is CC1CCN(C(=O)CSc2nc3c(c(=O)n2-c2ccc(F)cc2)SC(C)C3)CC1. The molecule has 4 rings (SSSR count). The van der Waals surface area contributed by atoms with Crippen LogP contribution in [0.25, 0.3) is 5.69 Å². The highest BCUT2D eigenvalue weighted by atomic mass is 32.2. The van der Waals surface area contributed by atoms with Crippen LogP contribution in [0.2, 0.25) is 0 Å². The van der Waals surface area contributed by atoms with E-state index in [1.807, 2.05) is 4.90 Å². The van der Waals surface area contributed by atoms with Crippen molar-refractivity contribution in [1.29, 1.82) is 0 Å². The zero-order valence-electron chi connectivity index (χ0n) is 16.6. The van der Waals surface area contributed by atoms with Crippen molar-refractivity contribution >= 4 is 29.4 Å². The maximum Gasteiger partial charge on any atom is 0.272 e. The Hall–Kier alpha value is -1.80. The molecule has 1 saturated heterocycles. The molecule has 154 valence electrons. The normalized spacial score (nSPS) is 19.4. The van der Waals surface area contributed by atoms with Crippen LogP contribution in [-0.4, -0.2) is 44.5 Å². The molecule has 0 saturated carbocycles. The maximum absolute atomic E-state index is 13.4. The molecule has 2 aliphatic heterocycles. The first-order valence-electron chi connectivity index (χ1n) is 9.91. The summed E-state index contributed by atoms with van der Waals surface area (Å²) in [5, 5.41) is 0.790. The Kier molecular flexibility index (Phi) is 6.01. The third-order valence-corrected chi connectivity index (χ3v) is 7.57. The van der Waals surface area contributed by atoms with Crippen LogP contribution >= 0.6 is 23.5 Å². The number of fused-ring (bicyclic) bond motifs is 1.